The van der Waals surface area contributed by atoms with Crippen molar-refractivity contribution in [3.63, 3.8) is 0 Å². The second kappa shape index (κ2) is 9.24. The molecule has 0 radical (unpaired) electrons. The molecule has 41 heavy (non-hydrogen) atoms. The van der Waals surface area contributed by atoms with Crippen LogP contribution in [0.5, 0.6) is 0 Å². The average Bonchev–Trinajstić information content (AvgIpc) is 3.55. The molecule has 196 valence electrons. The van der Waals surface area contributed by atoms with Gasteiger partial charge in [0, 0.05) is 39.8 Å². The van der Waals surface area contributed by atoms with Crippen LogP contribution < -0.4 is 10.7 Å². The van der Waals surface area contributed by atoms with E-state index in [0.717, 1.165) is 33.5 Å². The summed E-state index contributed by atoms with van der Waals surface area (Å²) in [7, 11) is 1.87. The summed E-state index contributed by atoms with van der Waals surface area (Å²) in [6.45, 7) is 0. The lowest BCUT2D eigenvalue weighted by molar-refractivity contribution is 1.02. The van der Waals surface area contributed by atoms with E-state index in [1.165, 1.54) is 27.1 Å². The average molecular weight is 531 g/mol. The number of aromatic nitrogens is 4. The molecule has 0 atom stereocenters. The molecule has 0 bridgehead atoms. The summed E-state index contributed by atoms with van der Waals surface area (Å²) in [6.07, 6.45) is 1.81. The van der Waals surface area contributed by atoms with Gasteiger partial charge in [0.05, 0.1) is 34.0 Å². The van der Waals surface area contributed by atoms with Crippen molar-refractivity contribution in [2.24, 2.45) is 0 Å². The highest BCUT2D eigenvalue weighted by atomic mass is 15.4. The molecule has 3 aromatic heterocycles. The predicted molar refractivity (Wildman–Crippen MR) is 170 cm³/mol. The van der Waals surface area contributed by atoms with E-state index in [1.54, 1.807) is 0 Å². The Morgan fingerprint density at radius 3 is 1.90 bits per heavy atom. The minimum atomic E-state index is 0.649. The lowest BCUT2D eigenvalue weighted by Crippen LogP contribution is -2.13. The number of nitrogens with one attached hydrogen (secondary N) is 2. The molecule has 8 rings (SSSR count). The minimum Gasteiger partial charge on any atom is -0.370 e. The predicted octanol–water partition coefficient (Wildman–Crippen LogP) is 8.27. The highest BCUT2D eigenvalue weighted by Gasteiger charge is 2.21. The Kier molecular flexibility index (Phi) is 5.25. The van der Waals surface area contributed by atoms with Crippen molar-refractivity contribution in [1.29, 1.82) is 0 Å². The number of para-hydroxylation sites is 3. The van der Waals surface area contributed by atoms with E-state index in [2.05, 4.69) is 123 Å². The molecule has 3 heterocycles. The van der Waals surface area contributed by atoms with Crippen molar-refractivity contribution < 1.29 is 0 Å². The quantitative estimate of drug-likeness (QED) is 0.235. The largest absolute Gasteiger partial charge is 0.370 e. The van der Waals surface area contributed by atoms with Gasteiger partial charge in [-0.2, -0.15) is 0 Å². The molecule has 0 aliphatic heterocycles. The third-order valence-electron chi connectivity index (χ3n) is 7.78. The molecular formula is C35H26N6. The van der Waals surface area contributed by atoms with Gasteiger partial charge < -0.3 is 9.88 Å². The van der Waals surface area contributed by atoms with Gasteiger partial charge in [-0.05, 0) is 24.3 Å². The number of nitrogens with zero attached hydrogens (tertiary/aromatic N) is 4. The van der Waals surface area contributed by atoms with Gasteiger partial charge in [-0.15, -0.1) is 0 Å². The molecule has 0 fully saturated rings. The summed E-state index contributed by atoms with van der Waals surface area (Å²) in [5.74, 6) is 1.32. The van der Waals surface area contributed by atoms with Crippen LogP contribution in [0.4, 0.5) is 11.6 Å². The third-order valence-corrected chi connectivity index (χ3v) is 7.78. The zero-order valence-electron chi connectivity index (χ0n) is 22.4. The van der Waals surface area contributed by atoms with E-state index >= 15 is 0 Å². The van der Waals surface area contributed by atoms with Crippen molar-refractivity contribution >= 4 is 55.2 Å². The maximum absolute atomic E-state index is 5.04. The Hall–Kier alpha value is -5.62. The number of hydrogen-bond acceptors (Lipinski definition) is 4. The summed E-state index contributed by atoms with van der Waals surface area (Å²) in [4.78, 5) is 9.76. The van der Waals surface area contributed by atoms with E-state index in [-0.39, 0.29) is 0 Å². The fourth-order valence-electron chi connectivity index (χ4n) is 5.97. The number of fused-ring (bicyclic) bond motifs is 7. The van der Waals surface area contributed by atoms with Crippen LogP contribution >= 0.6 is 0 Å². The molecule has 6 nitrogen and oxygen atoms in total. The first-order chi connectivity index (χ1) is 20.3. The Bertz CT molecular complexity index is 2210. The minimum absolute atomic E-state index is 0.649. The molecule has 0 unspecified atom stereocenters. The summed E-state index contributed by atoms with van der Waals surface area (Å²) in [5, 5.41) is 7.97. The zero-order chi connectivity index (χ0) is 27.3. The first-order valence-electron chi connectivity index (χ1n) is 13.7. The first kappa shape index (κ1) is 23.3. The monoisotopic (exact) mass is 530 g/mol. The molecule has 0 spiro atoms. The van der Waals surface area contributed by atoms with Crippen LogP contribution in [0.15, 0.2) is 128 Å². The van der Waals surface area contributed by atoms with E-state index in [0.29, 0.717) is 11.6 Å². The highest BCUT2D eigenvalue weighted by Crippen LogP contribution is 2.40. The van der Waals surface area contributed by atoms with Gasteiger partial charge in [0.15, 0.2) is 11.6 Å². The van der Waals surface area contributed by atoms with Crippen molar-refractivity contribution in [2.45, 2.75) is 0 Å². The molecular weight excluding hydrogens is 504 g/mol. The Balaban J connectivity index is 1.48. The van der Waals surface area contributed by atoms with E-state index in [9.17, 15) is 0 Å². The maximum atomic E-state index is 5.04. The smallest absolute Gasteiger partial charge is 0.189 e. The van der Waals surface area contributed by atoms with E-state index in [4.69, 9.17) is 9.97 Å². The Morgan fingerprint density at radius 2 is 1.17 bits per heavy atom. The maximum Gasteiger partial charge on any atom is 0.189 e. The van der Waals surface area contributed by atoms with Crippen LogP contribution in [0.1, 0.15) is 0 Å². The molecule has 5 aromatic carbocycles. The van der Waals surface area contributed by atoms with Crippen molar-refractivity contribution in [3.05, 3.63) is 128 Å². The molecule has 0 amide bonds. The topological polar surface area (TPSA) is 59.7 Å². The van der Waals surface area contributed by atoms with Crippen LogP contribution in [0.25, 0.3) is 60.6 Å². The summed E-state index contributed by atoms with van der Waals surface area (Å²) in [5.41, 5.74) is 11.1. The fourth-order valence-corrected chi connectivity index (χ4v) is 5.97. The van der Waals surface area contributed by atoms with Crippen molar-refractivity contribution in [2.75, 3.05) is 17.8 Å². The normalized spacial score (nSPS) is 11.5. The molecule has 0 saturated heterocycles. The number of benzene rings is 5. The molecule has 0 saturated carbocycles. The Labute approximate surface area is 236 Å². The van der Waals surface area contributed by atoms with Crippen molar-refractivity contribution in [1.82, 2.24) is 19.2 Å². The van der Waals surface area contributed by atoms with Gasteiger partial charge in [-0.1, -0.05) is 97.1 Å². The molecule has 0 aliphatic rings. The summed E-state index contributed by atoms with van der Waals surface area (Å²) >= 11 is 0. The van der Waals surface area contributed by atoms with Crippen LogP contribution in [-0.4, -0.2) is 26.3 Å². The van der Waals surface area contributed by atoms with E-state index < -0.39 is 0 Å². The summed E-state index contributed by atoms with van der Waals surface area (Å²) in [6, 6.07) is 42.3. The number of hydrogen-bond donors (Lipinski definition) is 2. The van der Waals surface area contributed by atoms with Gasteiger partial charge >= 0.3 is 0 Å². The van der Waals surface area contributed by atoms with E-state index in [1.807, 2.05) is 31.4 Å². The van der Waals surface area contributed by atoms with Gasteiger partial charge in [0.25, 0.3) is 0 Å². The lowest BCUT2D eigenvalue weighted by atomic mass is 10.1. The number of anilines is 2. The second-order valence-corrected chi connectivity index (χ2v) is 10.1. The van der Waals surface area contributed by atoms with Gasteiger partial charge in [-0.25, -0.2) is 9.97 Å². The van der Waals surface area contributed by atoms with Crippen molar-refractivity contribution in [3.8, 4) is 16.9 Å². The van der Waals surface area contributed by atoms with Crippen LogP contribution in [0, 0.1) is 0 Å². The Morgan fingerprint density at radius 1 is 0.561 bits per heavy atom. The van der Waals surface area contributed by atoms with Crippen LogP contribution in [0.2, 0.25) is 0 Å². The molecule has 0 aliphatic carbocycles. The van der Waals surface area contributed by atoms with Gasteiger partial charge in [0.2, 0.25) is 0 Å². The SMILES string of the molecule is CNc1ncc(-c2ccccc2)nc1Nn1c2ccccc2c2ccc3c4ccccc4n(-c4ccccc4)c3c21. The third kappa shape index (κ3) is 3.58. The molecule has 8 aromatic rings. The highest BCUT2D eigenvalue weighted by molar-refractivity contribution is 6.23. The zero-order valence-corrected chi connectivity index (χ0v) is 22.4. The molecule has 6 heteroatoms. The van der Waals surface area contributed by atoms with Crippen LogP contribution in [0.3, 0.4) is 0 Å². The standard InChI is InChI=1S/C35H26N6/c1-36-34-35(38-29(22-37-34)23-12-4-2-5-13-23)39-41-31-19-11-9-17-26(31)28-21-20-27-25-16-8-10-18-30(25)40(32(27)33(28)41)24-14-6-3-7-15-24/h2-22H,1H3,(H,36,37)(H,38,39). The summed E-state index contributed by atoms with van der Waals surface area (Å²) < 4.78 is 4.54. The number of rotatable bonds is 5. The second-order valence-electron chi connectivity index (χ2n) is 10.1. The van der Waals surface area contributed by atoms with Gasteiger partial charge in [-0.3, -0.25) is 10.1 Å². The molecule has 2 N–H and O–H groups in total. The fraction of sp³-hybridized carbons (Fsp3) is 0.0286. The lowest BCUT2D eigenvalue weighted by Gasteiger charge is -2.16. The first-order valence-corrected chi connectivity index (χ1v) is 13.7. The van der Waals surface area contributed by atoms with Gasteiger partial charge in [0.1, 0.15) is 0 Å². The van der Waals surface area contributed by atoms with Crippen LogP contribution in [-0.2, 0) is 0 Å².